The third-order valence-electron chi connectivity index (χ3n) is 3.12. The maximum Gasteiger partial charge on any atom is 0.308 e. The van der Waals surface area contributed by atoms with Crippen LogP contribution in [0.4, 0.5) is 0 Å². The van der Waals surface area contributed by atoms with Crippen LogP contribution in [0.3, 0.4) is 0 Å². The van der Waals surface area contributed by atoms with E-state index in [0.29, 0.717) is 25.0 Å². The van der Waals surface area contributed by atoms with E-state index in [9.17, 15) is 14.7 Å². The lowest BCUT2D eigenvalue weighted by Gasteiger charge is -2.33. The van der Waals surface area contributed by atoms with Gasteiger partial charge in [0.2, 0.25) is 5.91 Å². The van der Waals surface area contributed by atoms with Gasteiger partial charge in [0.05, 0.1) is 17.8 Å². The van der Waals surface area contributed by atoms with Gasteiger partial charge in [-0.2, -0.15) is 0 Å². The summed E-state index contributed by atoms with van der Waals surface area (Å²) in [7, 11) is 0. The molecular formula is C13H21NO5. The first kappa shape index (κ1) is 15.5. The number of carbonyl (C=O) groups excluding carboxylic acids is 1. The summed E-state index contributed by atoms with van der Waals surface area (Å²) in [6, 6.07) is -0.322. The Kier molecular flexibility index (Phi) is 5.82. The Morgan fingerprint density at radius 3 is 2.58 bits per heavy atom. The fraction of sp³-hybridized carbons (Fsp3) is 0.692. The van der Waals surface area contributed by atoms with Crippen molar-refractivity contribution in [3.05, 3.63) is 12.3 Å². The molecular weight excluding hydrogens is 250 g/mol. The lowest BCUT2D eigenvalue weighted by Crippen LogP contribution is -2.47. The van der Waals surface area contributed by atoms with Crippen LogP contribution in [0.15, 0.2) is 12.3 Å². The molecule has 0 aromatic rings. The second-order valence-corrected chi connectivity index (χ2v) is 4.82. The van der Waals surface area contributed by atoms with Crippen LogP contribution in [-0.4, -0.2) is 35.9 Å². The SMILES string of the molecule is C=C(C)OCOC1CCC(NC(C)=O)C(C(=O)O)C1. The second-order valence-electron chi connectivity index (χ2n) is 4.82. The van der Waals surface area contributed by atoms with Crippen LogP contribution in [0.1, 0.15) is 33.1 Å². The Bertz CT molecular complexity index is 355. The van der Waals surface area contributed by atoms with Gasteiger partial charge in [-0.3, -0.25) is 9.59 Å². The molecule has 108 valence electrons. The van der Waals surface area contributed by atoms with Crippen molar-refractivity contribution in [2.75, 3.05) is 6.79 Å². The maximum absolute atomic E-state index is 11.2. The molecule has 1 aliphatic rings. The summed E-state index contributed by atoms with van der Waals surface area (Å²) < 4.78 is 10.6. The molecule has 1 fully saturated rings. The molecule has 0 aliphatic heterocycles. The van der Waals surface area contributed by atoms with Crippen LogP contribution in [0.2, 0.25) is 0 Å². The zero-order valence-electron chi connectivity index (χ0n) is 11.3. The van der Waals surface area contributed by atoms with Crippen molar-refractivity contribution >= 4 is 11.9 Å². The van der Waals surface area contributed by atoms with E-state index in [2.05, 4.69) is 11.9 Å². The molecule has 0 bridgehead atoms. The predicted octanol–water partition coefficient (Wildman–Crippen LogP) is 1.27. The van der Waals surface area contributed by atoms with E-state index in [4.69, 9.17) is 9.47 Å². The Labute approximate surface area is 112 Å². The molecule has 0 radical (unpaired) electrons. The highest BCUT2D eigenvalue weighted by molar-refractivity contribution is 5.76. The topological polar surface area (TPSA) is 84.9 Å². The van der Waals surface area contributed by atoms with Crippen molar-refractivity contribution in [1.82, 2.24) is 5.32 Å². The number of nitrogens with one attached hydrogen (secondary N) is 1. The van der Waals surface area contributed by atoms with Crippen molar-refractivity contribution in [3.63, 3.8) is 0 Å². The van der Waals surface area contributed by atoms with Crippen LogP contribution < -0.4 is 5.32 Å². The summed E-state index contributed by atoms with van der Waals surface area (Å²) >= 11 is 0. The Hall–Kier alpha value is -1.56. The minimum absolute atomic E-state index is 0.0805. The van der Waals surface area contributed by atoms with E-state index in [1.807, 2.05) is 0 Å². The Balaban J connectivity index is 2.48. The van der Waals surface area contributed by atoms with Crippen LogP contribution in [0.25, 0.3) is 0 Å². The van der Waals surface area contributed by atoms with Gasteiger partial charge in [0.15, 0.2) is 6.79 Å². The normalized spacial score (nSPS) is 26.5. The van der Waals surface area contributed by atoms with Gasteiger partial charge in [-0.25, -0.2) is 0 Å². The van der Waals surface area contributed by atoms with Crippen molar-refractivity contribution in [1.29, 1.82) is 0 Å². The summed E-state index contributed by atoms with van der Waals surface area (Å²) in [4.78, 5) is 22.3. The molecule has 3 unspecified atom stereocenters. The molecule has 3 atom stereocenters. The quantitative estimate of drug-likeness (QED) is 0.561. The standard InChI is InChI=1S/C13H21NO5/c1-8(2)18-7-19-10-4-5-12(14-9(3)15)11(6-10)13(16)17/h10-12H,1,4-7H2,2-3H3,(H,14,15)(H,16,17). The predicted molar refractivity (Wildman–Crippen MR) is 68.2 cm³/mol. The number of hydrogen-bond acceptors (Lipinski definition) is 4. The maximum atomic E-state index is 11.2. The molecule has 0 aromatic heterocycles. The number of carboxylic acid groups (broad SMARTS) is 1. The van der Waals surface area contributed by atoms with E-state index in [-0.39, 0.29) is 24.8 Å². The van der Waals surface area contributed by atoms with E-state index in [1.54, 1.807) is 6.92 Å². The molecule has 1 saturated carbocycles. The number of carboxylic acids is 1. The second kappa shape index (κ2) is 7.13. The van der Waals surface area contributed by atoms with Crippen molar-refractivity contribution < 1.29 is 24.2 Å². The Morgan fingerprint density at radius 1 is 1.37 bits per heavy atom. The molecule has 1 amide bonds. The largest absolute Gasteiger partial charge is 0.481 e. The van der Waals surface area contributed by atoms with Gasteiger partial charge < -0.3 is 19.9 Å². The minimum atomic E-state index is -0.909. The lowest BCUT2D eigenvalue weighted by atomic mass is 9.82. The molecule has 1 rings (SSSR count). The van der Waals surface area contributed by atoms with E-state index in [1.165, 1.54) is 6.92 Å². The zero-order chi connectivity index (χ0) is 14.4. The number of ether oxygens (including phenoxy) is 2. The van der Waals surface area contributed by atoms with Gasteiger partial charge >= 0.3 is 5.97 Å². The molecule has 6 nitrogen and oxygen atoms in total. The highest BCUT2D eigenvalue weighted by Crippen LogP contribution is 2.27. The molecule has 0 spiro atoms. The highest BCUT2D eigenvalue weighted by atomic mass is 16.7. The lowest BCUT2D eigenvalue weighted by molar-refractivity contribution is -0.149. The third kappa shape index (κ3) is 5.30. The number of aliphatic carboxylic acids is 1. The fourth-order valence-electron chi connectivity index (χ4n) is 2.22. The van der Waals surface area contributed by atoms with Gasteiger partial charge in [0, 0.05) is 13.0 Å². The number of hydrogen-bond donors (Lipinski definition) is 2. The molecule has 2 N–H and O–H groups in total. The van der Waals surface area contributed by atoms with Gasteiger partial charge in [-0.15, -0.1) is 0 Å². The summed E-state index contributed by atoms with van der Waals surface area (Å²) in [5.74, 6) is -1.18. The van der Waals surface area contributed by atoms with Gasteiger partial charge in [0.25, 0.3) is 0 Å². The van der Waals surface area contributed by atoms with Crippen LogP contribution in [-0.2, 0) is 19.1 Å². The first-order valence-electron chi connectivity index (χ1n) is 6.30. The number of rotatable bonds is 6. The van der Waals surface area contributed by atoms with Crippen LogP contribution >= 0.6 is 0 Å². The average Bonchev–Trinajstić information content (AvgIpc) is 2.29. The molecule has 19 heavy (non-hydrogen) atoms. The number of amides is 1. The molecule has 6 heteroatoms. The highest BCUT2D eigenvalue weighted by Gasteiger charge is 2.36. The minimum Gasteiger partial charge on any atom is -0.481 e. The average molecular weight is 271 g/mol. The fourth-order valence-corrected chi connectivity index (χ4v) is 2.22. The van der Waals surface area contributed by atoms with Crippen LogP contribution in [0.5, 0.6) is 0 Å². The summed E-state index contributed by atoms with van der Waals surface area (Å²) in [5.41, 5.74) is 0. The molecule has 1 aliphatic carbocycles. The molecule has 0 aromatic carbocycles. The summed E-state index contributed by atoms with van der Waals surface area (Å²) in [6.45, 7) is 6.77. The first-order valence-corrected chi connectivity index (χ1v) is 6.30. The van der Waals surface area contributed by atoms with E-state index < -0.39 is 11.9 Å². The number of carbonyl (C=O) groups is 2. The van der Waals surface area contributed by atoms with Crippen molar-refractivity contribution in [3.8, 4) is 0 Å². The van der Waals surface area contributed by atoms with Gasteiger partial charge in [-0.1, -0.05) is 6.58 Å². The Morgan fingerprint density at radius 2 is 2.05 bits per heavy atom. The van der Waals surface area contributed by atoms with Gasteiger partial charge in [-0.05, 0) is 26.2 Å². The van der Waals surface area contributed by atoms with Crippen molar-refractivity contribution in [2.45, 2.75) is 45.3 Å². The molecule has 0 saturated heterocycles. The van der Waals surface area contributed by atoms with Crippen LogP contribution in [0, 0.1) is 5.92 Å². The monoisotopic (exact) mass is 271 g/mol. The van der Waals surface area contributed by atoms with Crippen molar-refractivity contribution in [2.24, 2.45) is 5.92 Å². The van der Waals surface area contributed by atoms with Gasteiger partial charge in [0.1, 0.15) is 0 Å². The van der Waals surface area contributed by atoms with E-state index >= 15 is 0 Å². The summed E-state index contributed by atoms with van der Waals surface area (Å²) in [5, 5.41) is 11.9. The smallest absolute Gasteiger partial charge is 0.308 e. The van der Waals surface area contributed by atoms with E-state index in [0.717, 1.165) is 0 Å². The number of allylic oxidation sites excluding steroid dienone is 1. The third-order valence-corrected chi connectivity index (χ3v) is 3.12. The first-order chi connectivity index (χ1) is 8.90. The molecule has 0 heterocycles. The summed E-state index contributed by atoms with van der Waals surface area (Å²) in [6.07, 6.45) is 1.51. The zero-order valence-corrected chi connectivity index (χ0v) is 11.3.